The van der Waals surface area contributed by atoms with Crippen molar-refractivity contribution in [3.8, 4) is 0 Å². The van der Waals surface area contributed by atoms with E-state index < -0.39 is 17.8 Å². The smallest absolute Gasteiger partial charge is 0.0277 e. The number of anilines is 2. The number of hydrogen-bond donors (Lipinski definition) is 3. The van der Waals surface area contributed by atoms with Crippen molar-refractivity contribution in [2.45, 2.75) is 0 Å². The minimum atomic E-state index is -0.524. The quantitative estimate of drug-likeness (QED) is 0.292. The Kier molecular flexibility index (Phi) is 6.23. The number of nitrogens with one attached hydrogen (secondary N) is 3. The number of nitrogens with zero attached hydrogens (tertiary/aromatic N) is 3. The molecule has 0 aromatic carbocycles. The van der Waals surface area contributed by atoms with Crippen LogP contribution < -0.4 is 10.6 Å². The maximum atomic E-state index is 12.7. The molecule has 0 fully saturated rings. The number of methoxy groups -OCH3 is 1. The third-order valence-electron chi connectivity index (χ3n) is 4.82. The number of hydrogen-bond acceptors (Lipinski definition) is 6. The van der Waals surface area contributed by atoms with Gasteiger partial charge in [0, 0.05) is 13.2 Å². The molecule has 12 heteroatoms. The Morgan fingerprint density at radius 1 is 0.844 bits per heavy atom. The molecule has 0 saturated carbocycles. The molecule has 32 heavy (non-hydrogen) atoms. The van der Waals surface area contributed by atoms with Crippen LogP contribution in [0, 0.1) is 5.41 Å². The van der Waals surface area contributed by atoms with Crippen molar-refractivity contribution >= 4 is 41.9 Å². The van der Waals surface area contributed by atoms with Crippen molar-refractivity contribution in [3.05, 3.63) is 59.4 Å². The molecule has 11 nitrogen and oxygen atoms in total. The number of amides is 2. The minimum Gasteiger partial charge on any atom is -0.343 e. The summed E-state index contributed by atoms with van der Waals surface area (Å²) in [5, 5.41) is 13.0. The number of rotatable bonds is 7. The maximum absolute atomic E-state index is 12.7. The van der Waals surface area contributed by atoms with Crippen molar-refractivity contribution in [1.29, 1.82) is 5.41 Å². The number of aryl methyl sites for hydroxylation is 3. The van der Waals surface area contributed by atoms with E-state index in [1.807, 2.05) is 0 Å². The van der Waals surface area contributed by atoms with E-state index in [4.69, 9.17) is 10.1 Å². The molecule has 0 unspecified atom stereocenters. The topological polar surface area (TPSA) is 140 Å². The second-order valence-electron chi connectivity index (χ2n) is 7.11. The Hall–Kier alpha value is -4.22. The summed E-state index contributed by atoms with van der Waals surface area (Å²) < 4.78 is 20.1. The molecule has 0 saturated heterocycles. The zero-order valence-corrected chi connectivity index (χ0v) is 17.9. The summed E-state index contributed by atoms with van der Waals surface area (Å²) in [4.78, 5) is 37.1. The van der Waals surface area contributed by atoms with Gasteiger partial charge in [-0.3, -0.25) is 0 Å². The van der Waals surface area contributed by atoms with E-state index in [9.17, 15) is 19.1 Å². The van der Waals surface area contributed by atoms with Crippen LogP contribution in [-0.4, -0.2) is 51.4 Å². The van der Waals surface area contributed by atoms with E-state index in [0.717, 1.165) is 0 Å². The van der Waals surface area contributed by atoms with Crippen molar-refractivity contribution in [2.24, 2.45) is 21.1 Å². The standard InChI is InChI=1S/C20H21BN6O5/c1-25-8-11(17(22)21-31)5-14(25)18(28)23-12-6-15(26(2)9-12)19(29)24-13-7-16(20(30)32-4)27(3)10-13/h5-10,22H,1-4H3,(H,23,28)(H,24,29). The minimum absolute atomic E-state index is 0.227. The number of aromatic nitrogens is 3. The Morgan fingerprint density at radius 3 is 1.84 bits per heavy atom. The average molecular weight is 436 g/mol. The molecule has 0 bridgehead atoms. The molecule has 0 atom stereocenters. The van der Waals surface area contributed by atoms with Crippen LogP contribution in [0.4, 0.5) is 11.4 Å². The monoisotopic (exact) mass is 436 g/mol. The molecule has 3 aromatic rings. The molecule has 3 N–H and O–H groups in total. The zero-order valence-electron chi connectivity index (χ0n) is 17.9. The number of carbonyl (C=O) groups excluding carboxylic acids is 3. The summed E-state index contributed by atoms with van der Waals surface area (Å²) in [7, 11) is 6.61. The average Bonchev–Trinajstić information content (AvgIpc) is 3.43. The molecule has 0 aliphatic heterocycles. The van der Waals surface area contributed by atoms with Gasteiger partial charge in [-0.25, -0.2) is 4.79 Å². The van der Waals surface area contributed by atoms with Crippen LogP contribution in [0.3, 0.4) is 0 Å². The van der Waals surface area contributed by atoms with Gasteiger partial charge in [0.2, 0.25) is 0 Å². The van der Waals surface area contributed by atoms with Gasteiger partial charge in [-0.05, 0) is 6.07 Å². The molecule has 3 heterocycles. The Labute approximate surface area is 183 Å². The van der Waals surface area contributed by atoms with E-state index in [2.05, 4.69) is 10.6 Å². The summed E-state index contributed by atoms with van der Waals surface area (Å²) in [6.07, 6.45) is 4.67. The fourth-order valence-corrected chi connectivity index (χ4v) is 3.19. The van der Waals surface area contributed by atoms with Gasteiger partial charge in [0.15, 0.2) is 0 Å². The molecule has 0 radical (unpaired) electrons. The van der Waals surface area contributed by atoms with Gasteiger partial charge >= 0.3 is 137 Å². The molecule has 2 amide bonds. The first kappa shape index (κ1) is 22.5. The van der Waals surface area contributed by atoms with Crippen molar-refractivity contribution in [3.63, 3.8) is 0 Å². The van der Waals surface area contributed by atoms with Gasteiger partial charge in [-0.15, -0.1) is 0 Å². The summed E-state index contributed by atoms with van der Waals surface area (Å²) in [5.74, 6) is -1.42. The van der Waals surface area contributed by atoms with E-state index in [0.29, 0.717) is 24.1 Å². The van der Waals surface area contributed by atoms with Gasteiger partial charge in [-0.2, -0.15) is 0 Å². The van der Waals surface area contributed by atoms with Crippen LogP contribution in [0.15, 0.2) is 36.8 Å². The second kappa shape index (κ2) is 8.88. The molecule has 3 aromatic heterocycles. The maximum Gasteiger partial charge on any atom is 0.0277 e. The normalized spacial score (nSPS) is 10.4. The van der Waals surface area contributed by atoms with Gasteiger partial charge in [-0.1, -0.05) is 0 Å². The molecule has 0 spiro atoms. The van der Waals surface area contributed by atoms with E-state index in [-0.39, 0.29) is 22.7 Å². The van der Waals surface area contributed by atoms with Crippen LogP contribution in [-0.2, 0) is 30.6 Å². The van der Waals surface area contributed by atoms with Gasteiger partial charge < -0.3 is 9.30 Å². The predicted octanol–water partition coefficient (Wildman–Crippen LogP) is 1.37. The molecule has 0 aliphatic carbocycles. The molecule has 0 aliphatic rings. The third-order valence-corrected chi connectivity index (χ3v) is 4.82. The summed E-state index contributed by atoms with van der Waals surface area (Å²) in [6, 6.07) is 4.45. The Balaban J connectivity index is 1.75. The number of ether oxygens (including phenoxy) is 1. The summed E-state index contributed by atoms with van der Waals surface area (Å²) >= 11 is 0. The van der Waals surface area contributed by atoms with Crippen LogP contribution >= 0.6 is 0 Å². The van der Waals surface area contributed by atoms with Crippen LogP contribution in [0.25, 0.3) is 0 Å². The molecular weight excluding hydrogens is 415 g/mol. The van der Waals surface area contributed by atoms with E-state index >= 15 is 0 Å². The van der Waals surface area contributed by atoms with Crippen LogP contribution in [0.2, 0.25) is 0 Å². The largest absolute Gasteiger partial charge is 0.343 e. The third kappa shape index (κ3) is 4.43. The summed E-state index contributed by atoms with van der Waals surface area (Å²) in [6.45, 7) is 0. The SMILES string of the molecule is COC(=O)c1cc(NC(=O)c2cc(NC(=O)c3cc(C(=N)B=O)cn3C)cn2C)cn1C. The predicted molar refractivity (Wildman–Crippen MR) is 117 cm³/mol. The fourth-order valence-electron chi connectivity index (χ4n) is 3.19. The molecular formula is C20H21BN6O5. The fraction of sp³-hybridized carbons (Fsp3) is 0.200. The summed E-state index contributed by atoms with van der Waals surface area (Å²) in [5.41, 5.74) is 1.72. The Morgan fingerprint density at radius 2 is 1.31 bits per heavy atom. The Bertz CT molecular complexity index is 1250. The van der Waals surface area contributed by atoms with Crippen LogP contribution in [0.1, 0.15) is 37.0 Å². The first-order valence-corrected chi connectivity index (χ1v) is 9.38. The van der Waals surface area contributed by atoms with Crippen molar-refractivity contribution in [2.75, 3.05) is 17.7 Å². The first-order valence-electron chi connectivity index (χ1n) is 9.38. The number of carbonyl (C=O) groups is 3. The van der Waals surface area contributed by atoms with Crippen molar-refractivity contribution < 1.29 is 23.8 Å². The van der Waals surface area contributed by atoms with Gasteiger partial charge in [0.1, 0.15) is 5.69 Å². The van der Waals surface area contributed by atoms with Crippen molar-refractivity contribution in [1.82, 2.24) is 13.7 Å². The first-order chi connectivity index (χ1) is 15.1. The molecule has 3 rings (SSSR count). The number of esters is 1. The van der Waals surface area contributed by atoms with Gasteiger partial charge in [0.25, 0.3) is 0 Å². The van der Waals surface area contributed by atoms with E-state index in [1.165, 1.54) is 40.6 Å². The van der Waals surface area contributed by atoms with Gasteiger partial charge in [0.05, 0.1) is 7.11 Å². The molecule has 164 valence electrons. The second-order valence-corrected chi connectivity index (χ2v) is 7.11. The van der Waals surface area contributed by atoms with E-state index in [1.54, 1.807) is 38.1 Å². The van der Waals surface area contributed by atoms with Crippen LogP contribution in [0.5, 0.6) is 0 Å². The zero-order chi connectivity index (χ0) is 23.6.